The van der Waals surface area contributed by atoms with Crippen molar-refractivity contribution in [3.63, 3.8) is 0 Å². The van der Waals surface area contributed by atoms with Gasteiger partial charge in [0.15, 0.2) is 5.76 Å². The number of thiophene rings is 1. The predicted molar refractivity (Wildman–Crippen MR) is 86.8 cm³/mol. The first-order chi connectivity index (χ1) is 10.7. The third-order valence-corrected chi connectivity index (χ3v) is 4.20. The van der Waals surface area contributed by atoms with Crippen LogP contribution in [0.3, 0.4) is 0 Å². The standard InChI is InChI=1S/C16H13ClN2O2S/c17-12-5-3-11(4-6-12)8-16(20)18-10-13-9-14(21-19-13)15-2-1-7-22-15/h1-7,9H,8,10H2,(H,18,20). The number of hydrogen-bond acceptors (Lipinski definition) is 4. The number of benzene rings is 1. The van der Waals surface area contributed by atoms with Gasteiger partial charge in [-0.25, -0.2) is 0 Å². The molecule has 3 aromatic rings. The molecule has 0 radical (unpaired) electrons. The van der Waals surface area contributed by atoms with Crippen molar-refractivity contribution in [2.24, 2.45) is 0 Å². The van der Waals surface area contributed by atoms with Crippen LogP contribution < -0.4 is 5.32 Å². The molecule has 0 unspecified atom stereocenters. The Balaban J connectivity index is 1.54. The lowest BCUT2D eigenvalue weighted by Gasteiger charge is -2.03. The Labute approximate surface area is 136 Å². The van der Waals surface area contributed by atoms with E-state index in [1.807, 2.05) is 35.7 Å². The average molecular weight is 333 g/mol. The second kappa shape index (κ2) is 6.77. The van der Waals surface area contributed by atoms with E-state index in [9.17, 15) is 4.79 Å². The van der Waals surface area contributed by atoms with Crippen molar-refractivity contribution in [3.8, 4) is 10.6 Å². The minimum Gasteiger partial charge on any atom is -0.355 e. The molecule has 112 valence electrons. The minimum atomic E-state index is -0.0667. The van der Waals surface area contributed by atoms with Crippen molar-refractivity contribution >= 4 is 28.8 Å². The van der Waals surface area contributed by atoms with Gasteiger partial charge >= 0.3 is 0 Å². The quantitative estimate of drug-likeness (QED) is 0.770. The Morgan fingerprint density at radius 1 is 1.27 bits per heavy atom. The summed E-state index contributed by atoms with van der Waals surface area (Å²) in [5.41, 5.74) is 1.62. The summed E-state index contributed by atoms with van der Waals surface area (Å²) in [4.78, 5) is 12.9. The molecule has 3 rings (SSSR count). The van der Waals surface area contributed by atoms with Gasteiger partial charge in [0.05, 0.1) is 17.8 Å². The molecule has 1 amide bonds. The van der Waals surface area contributed by atoms with Crippen LogP contribution in [0, 0.1) is 0 Å². The molecule has 0 aliphatic carbocycles. The van der Waals surface area contributed by atoms with E-state index < -0.39 is 0 Å². The van der Waals surface area contributed by atoms with Crippen LogP contribution >= 0.6 is 22.9 Å². The molecule has 2 aromatic heterocycles. The average Bonchev–Trinajstić information content (AvgIpc) is 3.18. The maximum Gasteiger partial charge on any atom is 0.224 e. The molecule has 1 N–H and O–H groups in total. The number of carbonyl (C=O) groups excluding carboxylic acids is 1. The summed E-state index contributed by atoms with van der Waals surface area (Å²) in [6.07, 6.45) is 0.312. The molecule has 0 aliphatic rings. The van der Waals surface area contributed by atoms with E-state index in [2.05, 4.69) is 10.5 Å². The second-order valence-corrected chi connectivity index (χ2v) is 6.12. The van der Waals surface area contributed by atoms with Crippen LogP contribution in [0.15, 0.2) is 52.4 Å². The number of aromatic nitrogens is 1. The van der Waals surface area contributed by atoms with Crippen molar-refractivity contribution < 1.29 is 9.32 Å². The summed E-state index contributed by atoms with van der Waals surface area (Å²) >= 11 is 7.40. The van der Waals surface area contributed by atoms with E-state index in [1.165, 1.54) is 0 Å². The van der Waals surface area contributed by atoms with Crippen molar-refractivity contribution in [3.05, 3.63) is 64.1 Å². The first-order valence-corrected chi connectivity index (χ1v) is 7.97. The lowest BCUT2D eigenvalue weighted by molar-refractivity contribution is -0.120. The van der Waals surface area contributed by atoms with Crippen LogP contribution in [0.2, 0.25) is 5.02 Å². The largest absolute Gasteiger partial charge is 0.355 e. The third-order valence-electron chi connectivity index (χ3n) is 3.07. The van der Waals surface area contributed by atoms with E-state index in [1.54, 1.807) is 23.5 Å². The molecule has 0 atom stereocenters. The maximum atomic E-state index is 11.9. The van der Waals surface area contributed by atoms with Gasteiger partial charge in [-0.15, -0.1) is 11.3 Å². The first kappa shape index (κ1) is 14.8. The van der Waals surface area contributed by atoms with Crippen molar-refractivity contribution in [1.82, 2.24) is 10.5 Å². The summed E-state index contributed by atoms with van der Waals surface area (Å²) in [5, 5.41) is 9.43. The Morgan fingerprint density at radius 2 is 2.09 bits per heavy atom. The predicted octanol–water partition coefficient (Wildman–Crippen LogP) is 3.92. The Morgan fingerprint density at radius 3 is 2.82 bits per heavy atom. The van der Waals surface area contributed by atoms with Gasteiger partial charge in [-0.3, -0.25) is 4.79 Å². The number of halogens is 1. The molecule has 22 heavy (non-hydrogen) atoms. The minimum absolute atomic E-state index is 0.0667. The lowest BCUT2D eigenvalue weighted by Crippen LogP contribution is -2.24. The van der Waals surface area contributed by atoms with Crippen LogP contribution in [-0.2, 0) is 17.8 Å². The van der Waals surface area contributed by atoms with Crippen LogP contribution in [0.4, 0.5) is 0 Å². The summed E-state index contributed by atoms with van der Waals surface area (Å²) < 4.78 is 5.27. The number of carbonyl (C=O) groups is 1. The van der Waals surface area contributed by atoms with Crippen LogP contribution in [-0.4, -0.2) is 11.1 Å². The third kappa shape index (κ3) is 3.75. The molecule has 0 spiro atoms. The highest BCUT2D eigenvalue weighted by Gasteiger charge is 2.09. The van der Waals surface area contributed by atoms with E-state index in [4.69, 9.17) is 16.1 Å². The molecule has 0 bridgehead atoms. The molecule has 4 nitrogen and oxygen atoms in total. The fourth-order valence-electron chi connectivity index (χ4n) is 1.97. The van der Waals surface area contributed by atoms with Gasteiger partial charge in [-0.05, 0) is 29.1 Å². The van der Waals surface area contributed by atoms with Gasteiger partial charge in [0.1, 0.15) is 5.69 Å². The second-order valence-electron chi connectivity index (χ2n) is 4.74. The number of amides is 1. The van der Waals surface area contributed by atoms with Gasteiger partial charge in [-0.2, -0.15) is 0 Å². The Bertz CT molecular complexity index is 751. The van der Waals surface area contributed by atoms with Crippen molar-refractivity contribution in [2.75, 3.05) is 0 Å². The molecular weight excluding hydrogens is 320 g/mol. The fraction of sp³-hybridized carbons (Fsp3) is 0.125. The van der Waals surface area contributed by atoms with Crippen LogP contribution in [0.5, 0.6) is 0 Å². The summed E-state index contributed by atoms with van der Waals surface area (Å²) in [5.74, 6) is 0.653. The Kier molecular flexibility index (Phi) is 4.56. The zero-order valence-corrected chi connectivity index (χ0v) is 13.2. The fourth-order valence-corrected chi connectivity index (χ4v) is 2.77. The molecule has 0 aliphatic heterocycles. The normalized spacial score (nSPS) is 10.6. The number of hydrogen-bond donors (Lipinski definition) is 1. The number of rotatable bonds is 5. The molecular formula is C16H13ClN2O2S. The highest BCUT2D eigenvalue weighted by Crippen LogP contribution is 2.24. The molecule has 0 fully saturated rings. The van der Waals surface area contributed by atoms with Crippen molar-refractivity contribution in [1.29, 1.82) is 0 Å². The maximum absolute atomic E-state index is 11.9. The van der Waals surface area contributed by atoms with E-state index >= 15 is 0 Å². The zero-order chi connectivity index (χ0) is 15.4. The van der Waals surface area contributed by atoms with Gasteiger partial charge < -0.3 is 9.84 Å². The summed E-state index contributed by atoms with van der Waals surface area (Å²) in [6, 6.07) is 13.0. The van der Waals surface area contributed by atoms with Gasteiger partial charge in [0.2, 0.25) is 5.91 Å². The van der Waals surface area contributed by atoms with Crippen molar-refractivity contribution in [2.45, 2.75) is 13.0 Å². The monoisotopic (exact) mass is 332 g/mol. The first-order valence-electron chi connectivity index (χ1n) is 6.71. The number of nitrogens with zero attached hydrogens (tertiary/aromatic N) is 1. The highest BCUT2D eigenvalue weighted by molar-refractivity contribution is 7.13. The molecule has 0 saturated carbocycles. The molecule has 6 heteroatoms. The lowest BCUT2D eigenvalue weighted by atomic mass is 10.1. The summed E-state index contributed by atoms with van der Waals surface area (Å²) in [7, 11) is 0. The zero-order valence-electron chi connectivity index (χ0n) is 11.6. The van der Waals surface area contributed by atoms with Crippen LogP contribution in [0.1, 0.15) is 11.3 Å². The topological polar surface area (TPSA) is 55.1 Å². The highest BCUT2D eigenvalue weighted by atomic mass is 35.5. The van der Waals surface area contributed by atoms with E-state index in [0.717, 1.165) is 16.2 Å². The summed E-state index contributed by atoms with van der Waals surface area (Å²) in [6.45, 7) is 0.349. The van der Waals surface area contributed by atoms with E-state index in [0.29, 0.717) is 23.7 Å². The molecule has 0 saturated heterocycles. The number of nitrogens with one attached hydrogen (secondary N) is 1. The smallest absolute Gasteiger partial charge is 0.224 e. The SMILES string of the molecule is O=C(Cc1ccc(Cl)cc1)NCc1cc(-c2cccs2)on1. The molecule has 1 aromatic carbocycles. The van der Waals surface area contributed by atoms with E-state index in [-0.39, 0.29) is 5.91 Å². The van der Waals surface area contributed by atoms with Crippen LogP contribution in [0.25, 0.3) is 10.6 Å². The van der Waals surface area contributed by atoms with Gasteiger partial charge in [0.25, 0.3) is 0 Å². The Hall–Kier alpha value is -2.11. The molecule has 2 heterocycles. The van der Waals surface area contributed by atoms with Gasteiger partial charge in [-0.1, -0.05) is 35.0 Å². The van der Waals surface area contributed by atoms with Gasteiger partial charge in [0, 0.05) is 11.1 Å².